The molecule has 0 saturated carbocycles. The van der Waals surface area contributed by atoms with Crippen molar-refractivity contribution in [2.45, 2.75) is 39.7 Å². The van der Waals surface area contributed by atoms with Gasteiger partial charge in [-0.05, 0) is 38.0 Å². The van der Waals surface area contributed by atoms with Crippen molar-refractivity contribution < 1.29 is 5.11 Å². The topological polar surface area (TPSA) is 50.9 Å². The lowest BCUT2D eigenvalue weighted by atomic mass is 10.0. The molecule has 0 aliphatic heterocycles. The Balaban J connectivity index is 2.27. The molecule has 5 heteroatoms. The molecule has 108 valence electrons. The van der Waals surface area contributed by atoms with Gasteiger partial charge in [0.2, 0.25) is 0 Å². The number of hydrogen-bond acceptors (Lipinski definition) is 3. The highest BCUT2D eigenvalue weighted by Crippen LogP contribution is 2.26. The Kier molecular flexibility index (Phi) is 4.45. The van der Waals surface area contributed by atoms with Gasteiger partial charge >= 0.3 is 0 Å². The van der Waals surface area contributed by atoms with E-state index in [2.05, 4.69) is 10.1 Å². The molecule has 0 amide bonds. The Labute approximate surface area is 124 Å². The van der Waals surface area contributed by atoms with Crippen LogP contribution in [0.4, 0.5) is 0 Å². The summed E-state index contributed by atoms with van der Waals surface area (Å²) >= 11 is 6.32. The summed E-state index contributed by atoms with van der Waals surface area (Å²) in [5.74, 6) is 0. The molecule has 0 aliphatic rings. The molecule has 2 rings (SSSR count). The fraction of sp³-hybridized carbons (Fsp3) is 0.467. The number of aryl methyl sites for hydroxylation is 4. The van der Waals surface area contributed by atoms with E-state index in [0.717, 1.165) is 34.8 Å². The highest BCUT2D eigenvalue weighted by atomic mass is 35.5. The van der Waals surface area contributed by atoms with Crippen LogP contribution in [0.25, 0.3) is 0 Å². The van der Waals surface area contributed by atoms with Crippen molar-refractivity contribution >= 4 is 11.6 Å². The predicted octanol–water partition coefficient (Wildman–Crippen LogP) is 2.92. The number of nitrogens with zero attached hydrogens (tertiary/aromatic N) is 3. The molecule has 0 saturated heterocycles. The van der Waals surface area contributed by atoms with E-state index in [0.29, 0.717) is 11.4 Å². The second kappa shape index (κ2) is 5.94. The molecule has 1 unspecified atom stereocenters. The summed E-state index contributed by atoms with van der Waals surface area (Å²) in [4.78, 5) is 4.32. The molecule has 2 aromatic heterocycles. The van der Waals surface area contributed by atoms with Crippen molar-refractivity contribution in [3.05, 3.63) is 45.5 Å². The Bertz CT molecular complexity index is 602. The van der Waals surface area contributed by atoms with Crippen LogP contribution in [0.2, 0.25) is 5.02 Å². The van der Waals surface area contributed by atoms with E-state index < -0.39 is 6.10 Å². The maximum Gasteiger partial charge on any atom is 0.0850 e. The van der Waals surface area contributed by atoms with Crippen molar-refractivity contribution in [1.29, 1.82) is 0 Å². The first-order chi connectivity index (χ1) is 9.42. The third kappa shape index (κ3) is 3.02. The third-order valence-electron chi connectivity index (χ3n) is 3.38. The number of rotatable bonds is 4. The molecule has 1 atom stereocenters. The van der Waals surface area contributed by atoms with Crippen LogP contribution in [-0.4, -0.2) is 19.9 Å². The second-order valence-electron chi connectivity index (χ2n) is 5.09. The SMILES string of the molecule is CCc1nn(C)c(CC(O)c2cc(C)nc(C)c2)c1Cl. The molecule has 0 aliphatic carbocycles. The molecule has 2 heterocycles. The van der Waals surface area contributed by atoms with E-state index in [9.17, 15) is 5.11 Å². The molecule has 4 nitrogen and oxygen atoms in total. The average Bonchev–Trinajstić information content (AvgIpc) is 2.65. The standard InChI is InChI=1S/C15H20ClN3O/c1-5-12-15(16)13(19(4)18-12)8-14(20)11-6-9(2)17-10(3)7-11/h6-7,14,20H,5,8H2,1-4H3. The van der Waals surface area contributed by atoms with Crippen LogP contribution in [0, 0.1) is 13.8 Å². The fourth-order valence-electron chi connectivity index (χ4n) is 2.40. The first kappa shape index (κ1) is 15.0. The van der Waals surface area contributed by atoms with Gasteiger partial charge in [0, 0.05) is 24.9 Å². The number of pyridine rings is 1. The lowest BCUT2D eigenvalue weighted by molar-refractivity contribution is 0.175. The van der Waals surface area contributed by atoms with Gasteiger partial charge in [0.05, 0.1) is 22.5 Å². The van der Waals surface area contributed by atoms with E-state index in [1.165, 1.54) is 0 Å². The number of halogens is 1. The van der Waals surface area contributed by atoms with Crippen LogP contribution in [0.15, 0.2) is 12.1 Å². The Morgan fingerprint density at radius 2 is 1.90 bits per heavy atom. The molecule has 0 radical (unpaired) electrons. The number of hydrogen-bond donors (Lipinski definition) is 1. The van der Waals surface area contributed by atoms with Gasteiger partial charge in [-0.2, -0.15) is 5.10 Å². The maximum atomic E-state index is 10.4. The van der Waals surface area contributed by atoms with Crippen LogP contribution >= 0.6 is 11.6 Å². The van der Waals surface area contributed by atoms with E-state index in [-0.39, 0.29) is 0 Å². The zero-order valence-corrected chi connectivity index (χ0v) is 13.1. The highest BCUT2D eigenvalue weighted by Gasteiger charge is 2.18. The first-order valence-corrected chi connectivity index (χ1v) is 7.13. The van der Waals surface area contributed by atoms with Crippen molar-refractivity contribution in [3.8, 4) is 0 Å². The normalized spacial score (nSPS) is 12.7. The van der Waals surface area contributed by atoms with Crippen molar-refractivity contribution in [1.82, 2.24) is 14.8 Å². The summed E-state index contributed by atoms with van der Waals surface area (Å²) in [6, 6.07) is 3.81. The van der Waals surface area contributed by atoms with E-state index in [1.54, 1.807) is 4.68 Å². The third-order valence-corrected chi connectivity index (χ3v) is 3.81. The fourth-order valence-corrected chi connectivity index (χ4v) is 2.77. The van der Waals surface area contributed by atoms with Gasteiger partial charge in [0.1, 0.15) is 0 Å². The smallest absolute Gasteiger partial charge is 0.0850 e. The molecular weight excluding hydrogens is 274 g/mol. The van der Waals surface area contributed by atoms with Gasteiger partial charge in [-0.1, -0.05) is 18.5 Å². The van der Waals surface area contributed by atoms with E-state index in [4.69, 9.17) is 11.6 Å². The largest absolute Gasteiger partial charge is 0.388 e. The monoisotopic (exact) mass is 293 g/mol. The van der Waals surface area contributed by atoms with Gasteiger partial charge in [0.25, 0.3) is 0 Å². The molecule has 0 aromatic carbocycles. The minimum Gasteiger partial charge on any atom is -0.388 e. The van der Waals surface area contributed by atoms with Crippen LogP contribution in [0.3, 0.4) is 0 Å². The zero-order valence-electron chi connectivity index (χ0n) is 12.3. The minimum absolute atomic E-state index is 0.450. The molecule has 1 N–H and O–H groups in total. The summed E-state index contributed by atoms with van der Waals surface area (Å²) in [7, 11) is 1.86. The maximum absolute atomic E-state index is 10.4. The quantitative estimate of drug-likeness (QED) is 0.943. The van der Waals surface area contributed by atoms with Crippen LogP contribution in [0.1, 0.15) is 41.4 Å². The van der Waals surface area contributed by atoms with Crippen LogP contribution in [0.5, 0.6) is 0 Å². The number of aliphatic hydroxyl groups excluding tert-OH is 1. The molecule has 0 spiro atoms. The Morgan fingerprint density at radius 3 is 2.40 bits per heavy atom. The Morgan fingerprint density at radius 1 is 1.30 bits per heavy atom. The molecule has 2 aromatic rings. The summed E-state index contributed by atoms with van der Waals surface area (Å²) in [6.45, 7) is 5.87. The van der Waals surface area contributed by atoms with E-state index >= 15 is 0 Å². The Hall–Kier alpha value is -1.39. The number of aromatic nitrogens is 3. The number of aliphatic hydroxyl groups is 1. The van der Waals surface area contributed by atoms with Gasteiger partial charge in [-0.15, -0.1) is 0 Å². The van der Waals surface area contributed by atoms with Crippen LogP contribution in [-0.2, 0) is 19.9 Å². The van der Waals surface area contributed by atoms with Gasteiger partial charge < -0.3 is 5.11 Å². The molecule has 20 heavy (non-hydrogen) atoms. The van der Waals surface area contributed by atoms with Crippen LogP contribution < -0.4 is 0 Å². The van der Waals surface area contributed by atoms with Gasteiger partial charge in [-0.25, -0.2) is 0 Å². The molecular formula is C15H20ClN3O. The van der Waals surface area contributed by atoms with Crippen molar-refractivity contribution in [2.24, 2.45) is 7.05 Å². The highest BCUT2D eigenvalue weighted by molar-refractivity contribution is 6.31. The summed E-state index contributed by atoms with van der Waals surface area (Å²) in [5, 5.41) is 15.5. The lowest BCUT2D eigenvalue weighted by Crippen LogP contribution is -2.08. The minimum atomic E-state index is -0.604. The summed E-state index contributed by atoms with van der Waals surface area (Å²) in [6.07, 6.45) is 0.634. The van der Waals surface area contributed by atoms with Crippen molar-refractivity contribution in [3.63, 3.8) is 0 Å². The zero-order chi connectivity index (χ0) is 14.9. The average molecular weight is 294 g/mol. The van der Waals surface area contributed by atoms with Gasteiger partial charge in [0.15, 0.2) is 0 Å². The van der Waals surface area contributed by atoms with E-state index in [1.807, 2.05) is 40.0 Å². The molecule has 0 fully saturated rings. The first-order valence-electron chi connectivity index (χ1n) is 6.75. The van der Waals surface area contributed by atoms with Crippen molar-refractivity contribution in [2.75, 3.05) is 0 Å². The second-order valence-corrected chi connectivity index (χ2v) is 5.47. The predicted molar refractivity (Wildman–Crippen MR) is 80.0 cm³/mol. The molecule has 0 bridgehead atoms. The summed E-state index contributed by atoms with van der Waals surface area (Å²) in [5.41, 5.74) is 4.42. The lowest BCUT2D eigenvalue weighted by Gasteiger charge is -2.13. The van der Waals surface area contributed by atoms with Gasteiger partial charge in [-0.3, -0.25) is 9.67 Å². The summed E-state index contributed by atoms with van der Waals surface area (Å²) < 4.78 is 1.76.